The summed E-state index contributed by atoms with van der Waals surface area (Å²) in [6.45, 7) is 0.634. The molecule has 0 unspecified atom stereocenters. The lowest BCUT2D eigenvalue weighted by atomic mass is 10.1. The Hall–Kier alpha value is -3.75. The zero-order valence-corrected chi connectivity index (χ0v) is 13.7. The molecule has 0 radical (unpaired) electrons. The molecule has 130 valence electrons. The van der Waals surface area contributed by atoms with Gasteiger partial charge in [-0.3, -0.25) is 14.5 Å². The summed E-state index contributed by atoms with van der Waals surface area (Å²) >= 11 is 0. The number of hydrogen-bond acceptors (Lipinski definition) is 7. The van der Waals surface area contributed by atoms with Gasteiger partial charge < -0.3 is 16.0 Å². The Bertz CT molecular complexity index is 1040. The number of amides is 2. The van der Waals surface area contributed by atoms with Crippen molar-refractivity contribution in [2.24, 2.45) is 0 Å². The topological polar surface area (TPSA) is 133 Å². The summed E-state index contributed by atoms with van der Waals surface area (Å²) in [7, 11) is 0. The average Bonchev–Trinajstić information content (AvgIpc) is 3.13. The summed E-state index contributed by atoms with van der Waals surface area (Å²) in [6, 6.07) is 6.80. The third-order valence-corrected chi connectivity index (χ3v) is 4.15. The molecule has 0 atom stereocenters. The molecular weight excluding hydrogens is 334 g/mol. The fraction of sp³-hybridized carbons (Fsp3) is 0.118. The number of carbonyl (C=O) groups excluding carboxylic acids is 2. The van der Waals surface area contributed by atoms with Crippen molar-refractivity contribution in [3.63, 3.8) is 0 Å². The van der Waals surface area contributed by atoms with Gasteiger partial charge in [-0.2, -0.15) is 9.97 Å². The van der Waals surface area contributed by atoms with Crippen LogP contribution in [0.5, 0.6) is 0 Å². The number of benzene rings is 1. The number of rotatable bonds is 4. The molecule has 0 saturated heterocycles. The van der Waals surface area contributed by atoms with Crippen LogP contribution in [0.15, 0.2) is 42.7 Å². The normalized spacial score (nSPS) is 13.9. The maximum atomic E-state index is 12.3. The van der Waals surface area contributed by atoms with E-state index in [1.807, 2.05) is 6.08 Å². The Morgan fingerprint density at radius 2 is 1.62 bits per heavy atom. The summed E-state index contributed by atoms with van der Waals surface area (Å²) in [5.41, 5.74) is 13.3. The van der Waals surface area contributed by atoms with Crippen LogP contribution in [0.3, 0.4) is 0 Å². The van der Waals surface area contributed by atoms with E-state index in [1.165, 1.54) is 4.90 Å². The molecule has 4 rings (SSSR count). The van der Waals surface area contributed by atoms with Gasteiger partial charge in [-0.1, -0.05) is 24.3 Å². The fourth-order valence-corrected chi connectivity index (χ4v) is 2.94. The first-order chi connectivity index (χ1) is 12.6. The van der Waals surface area contributed by atoms with Crippen LogP contribution in [-0.2, 0) is 6.54 Å². The first kappa shape index (κ1) is 15.8. The molecule has 26 heavy (non-hydrogen) atoms. The Labute approximate surface area is 148 Å². The predicted molar refractivity (Wildman–Crippen MR) is 95.1 cm³/mol. The number of nitrogens with two attached hydrogens (primary N) is 2. The Balaban J connectivity index is 1.48. The second kappa shape index (κ2) is 5.96. The van der Waals surface area contributed by atoms with Gasteiger partial charge in [0.1, 0.15) is 5.52 Å². The van der Waals surface area contributed by atoms with Crippen LogP contribution >= 0.6 is 0 Å². The van der Waals surface area contributed by atoms with Gasteiger partial charge in [0, 0.05) is 13.1 Å². The number of imidazole rings is 1. The molecule has 0 bridgehead atoms. The van der Waals surface area contributed by atoms with Gasteiger partial charge in [0.05, 0.1) is 17.5 Å². The SMILES string of the molecule is Nc1nc(N)c2c(ncn2C/C=C\CN2C(=O)c3ccccc3C2=O)n1. The standard InChI is InChI=1S/C17H15N7O2/c18-13-12-14(22-17(19)21-13)20-9-23(12)7-3-4-8-24-15(25)10-5-1-2-6-11(10)16(24)26/h1-6,9H,7-8H2,(H4,18,19,21,22)/b4-3-. The molecule has 3 heterocycles. The third-order valence-electron chi connectivity index (χ3n) is 4.15. The van der Waals surface area contributed by atoms with Gasteiger partial charge in [-0.05, 0) is 12.1 Å². The molecule has 1 aromatic carbocycles. The van der Waals surface area contributed by atoms with Crippen LogP contribution in [0, 0.1) is 0 Å². The van der Waals surface area contributed by atoms with E-state index in [9.17, 15) is 9.59 Å². The molecule has 9 nitrogen and oxygen atoms in total. The summed E-state index contributed by atoms with van der Waals surface area (Å²) < 4.78 is 1.77. The first-order valence-corrected chi connectivity index (χ1v) is 7.90. The largest absolute Gasteiger partial charge is 0.382 e. The lowest BCUT2D eigenvalue weighted by Gasteiger charge is -2.10. The zero-order chi connectivity index (χ0) is 18.3. The van der Waals surface area contributed by atoms with Crippen LogP contribution in [0.2, 0.25) is 0 Å². The Morgan fingerprint density at radius 1 is 0.962 bits per heavy atom. The molecule has 3 aromatic rings. The van der Waals surface area contributed by atoms with Gasteiger partial charge in [-0.15, -0.1) is 0 Å². The highest BCUT2D eigenvalue weighted by atomic mass is 16.2. The number of nitrogens with zero attached hydrogens (tertiary/aromatic N) is 5. The molecule has 0 saturated carbocycles. The Kier molecular flexibility index (Phi) is 3.61. The van der Waals surface area contributed by atoms with E-state index in [-0.39, 0.29) is 30.1 Å². The van der Waals surface area contributed by atoms with Crippen molar-refractivity contribution in [3.05, 3.63) is 53.9 Å². The van der Waals surface area contributed by atoms with Crippen LogP contribution in [-0.4, -0.2) is 42.8 Å². The van der Waals surface area contributed by atoms with Crippen molar-refractivity contribution in [1.82, 2.24) is 24.4 Å². The minimum atomic E-state index is -0.281. The van der Waals surface area contributed by atoms with Crippen LogP contribution in [0.25, 0.3) is 11.2 Å². The van der Waals surface area contributed by atoms with E-state index in [2.05, 4.69) is 15.0 Å². The highest BCUT2D eigenvalue weighted by Crippen LogP contribution is 2.22. The number of imide groups is 1. The number of aromatic nitrogens is 4. The minimum Gasteiger partial charge on any atom is -0.382 e. The summed E-state index contributed by atoms with van der Waals surface area (Å²) in [4.78, 5) is 37.9. The molecule has 0 fully saturated rings. The molecular formula is C17H15N7O2. The van der Waals surface area contributed by atoms with Gasteiger partial charge in [-0.25, -0.2) is 4.98 Å². The van der Waals surface area contributed by atoms with Crippen LogP contribution in [0.1, 0.15) is 20.7 Å². The summed E-state index contributed by atoms with van der Waals surface area (Å²) in [5.74, 6) is -0.243. The average molecular weight is 349 g/mol. The van der Waals surface area contributed by atoms with Crippen molar-refractivity contribution >= 4 is 34.7 Å². The van der Waals surface area contributed by atoms with Crippen molar-refractivity contribution in [3.8, 4) is 0 Å². The maximum Gasteiger partial charge on any atom is 0.261 e. The van der Waals surface area contributed by atoms with E-state index in [1.54, 1.807) is 41.2 Å². The van der Waals surface area contributed by atoms with Crippen molar-refractivity contribution in [2.45, 2.75) is 6.54 Å². The second-order valence-corrected chi connectivity index (χ2v) is 5.77. The van der Waals surface area contributed by atoms with Gasteiger partial charge in [0.15, 0.2) is 11.5 Å². The molecule has 0 aliphatic carbocycles. The molecule has 4 N–H and O–H groups in total. The van der Waals surface area contributed by atoms with Crippen LogP contribution in [0.4, 0.5) is 11.8 Å². The molecule has 2 amide bonds. The smallest absolute Gasteiger partial charge is 0.261 e. The number of hydrogen-bond donors (Lipinski definition) is 2. The molecule has 0 spiro atoms. The second-order valence-electron chi connectivity index (χ2n) is 5.77. The third kappa shape index (κ3) is 2.46. The van der Waals surface area contributed by atoms with E-state index in [0.717, 1.165) is 0 Å². The van der Waals surface area contributed by atoms with E-state index >= 15 is 0 Å². The van der Waals surface area contributed by atoms with Gasteiger partial charge >= 0.3 is 0 Å². The molecule has 1 aliphatic heterocycles. The number of nitrogen functional groups attached to an aromatic ring is 2. The predicted octanol–water partition coefficient (Wildman–Crippen LogP) is 0.843. The first-order valence-electron chi connectivity index (χ1n) is 7.90. The van der Waals surface area contributed by atoms with E-state index in [0.29, 0.717) is 28.8 Å². The number of anilines is 2. The molecule has 9 heteroatoms. The van der Waals surface area contributed by atoms with Crippen molar-refractivity contribution in [1.29, 1.82) is 0 Å². The maximum absolute atomic E-state index is 12.3. The quantitative estimate of drug-likeness (QED) is 0.527. The summed E-state index contributed by atoms with van der Waals surface area (Å²) in [5, 5.41) is 0. The summed E-state index contributed by atoms with van der Waals surface area (Å²) in [6.07, 6.45) is 5.16. The molecule has 1 aliphatic rings. The van der Waals surface area contributed by atoms with Crippen molar-refractivity contribution in [2.75, 3.05) is 18.0 Å². The molecule has 2 aromatic heterocycles. The lowest BCUT2D eigenvalue weighted by Crippen LogP contribution is -2.29. The number of carbonyl (C=O) groups is 2. The minimum absolute atomic E-state index is 0.0708. The Morgan fingerprint density at radius 3 is 2.31 bits per heavy atom. The highest BCUT2D eigenvalue weighted by Gasteiger charge is 2.34. The van der Waals surface area contributed by atoms with E-state index < -0.39 is 0 Å². The number of allylic oxidation sites excluding steroid dienone is 1. The monoisotopic (exact) mass is 349 g/mol. The number of fused-ring (bicyclic) bond motifs is 2. The fourth-order valence-electron chi connectivity index (χ4n) is 2.94. The highest BCUT2D eigenvalue weighted by molar-refractivity contribution is 6.21. The van der Waals surface area contributed by atoms with Gasteiger partial charge in [0.2, 0.25) is 5.95 Å². The van der Waals surface area contributed by atoms with Gasteiger partial charge in [0.25, 0.3) is 11.8 Å². The zero-order valence-electron chi connectivity index (χ0n) is 13.7. The van der Waals surface area contributed by atoms with Crippen molar-refractivity contribution < 1.29 is 9.59 Å². The lowest BCUT2D eigenvalue weighted by molar-refractivity contribution is 0.0672. The van der Waals surface area contributed by atoms with E-state index in [4.69, 9.17) is 11.5 Å². The van der Waals surface area contributed by atoms with Crippen LogP contribution < -0.4 is 11.5 Å².